The van der Waals surface area contributed by atoms with Gasteiger partial charge in [0.1, 0.15) is 60.0 Å². The molecule has 3 aliphatic rings. The Morgan fingerprint density at radius 2 is 1.06 bits per heavy atom. The number of hydrogen-bond donors (Lipinski definition) is 9. The van der Waals surface area contributed by atoms with Gasteiger partial charge in [-0.05, 0) is 110 Å². The smallest absolute Gasteiger partial charge is 0.245 e. The number of likely N-dealkylation sites (tertiary alicyclic amines) is 1. The summed E-state index contributed by atoms with van der Waals surface area (Å²) < 4.78 is 7.23. The van der Waals surface area contributed by atoms with E-state index in [0.29, 0.717) is 94.5 Å². The zero-order chi connectivity index (χ0) is 81.2. The van der Waals surface area contributed by atoms with E-state index in [-0.39, 0.29) is 38.6 Å². The minimum absolute atomic E-state index is 0.0418. The molecule has 28 heteroatoms. The molecule has 27 nitrogen and oxygen atoms in total. The number of nitrogens with zero attached hydrogens (tertiary/aromatic N) is 5. The van der Waals surface area contributed by atoms with Gasteiger partial charge in [0.2, 0.25) is 70.9 Å². The van der Waals surface area contributed by atoms with E-state index >= 15 is 24.0 Å². The highest BCUT2D eigenvalue weighted by atomic mass is 35.5. The molecule has 5 heterocycles. The average Bonchev–Trinajstić information content (AvgIpc) is 0.922. The Kier molecular flexibility index (Phi) is 28.2. The zero-order valence-electron chi connectivity index (χ0n) is 65.1. The lowest BCUT2D eigenvalue weighted by atomic mass is 9.80. The summed E-state index contributed by atoms with van der Waals surface area (Å²) in [7, 11) is 4.13. The Hall–Kier alpha value is -11.7. The molecule has 114 heavy (non-hydrogen) atoms. The van der Waals surface area contributed by atoms with Crippen LogP contribution in [0.4, 0.5) is 0 Å². The second-order valence-corrected chi connectivity index (χ2v) is 30.1. The number of hydrogen-bond acceptors (Lipinski definition) is 13. The quantitative estimate of drug-likeness (QED) is 0.0494. The molecule has 3 saturated heterocycles. The van der Waals surface area contributed by atoms with Crippen molar-refractivity contribution in [3.8, 4) is 0 Å². The number of H-pyrrole nitrogens is 2. The number of aromatic amines is 2. The number of amides is 12. The van der Waals surface area contributed by atoms with Crippen molar-refractivity contribution in [2.24, 2.45) is 0 Å². The van der Waals surface area contributed by atoms with Crippen LogP contribution in [0.1, 0.15) is 112 Å². The number of likely N-dealkylation sites (N-methyl/N-ethyl adjacent to an activating group) is 3. The molecule has 0 radical (unpaired) electrons. The van der Waals surface area contributed by atoms with Gasteiger partial charge in [-0.15, -0.1) is 0 Å². The van der Waals surface area contributed by atoms with E-state index in [9.17, 15) is 33.6 Å². The van der Waals surface area contributed by atoms with E-state index in [1.807, 2.05) is 146 Å². The number of halogens is 1. The first kappa shape index (κ1) is 83.2. The minimum Gasteiger partial charge on any atom is -0.361 e. The van der Waals surface area contributed by atoms with Crippen molar-refractivity contribution >= 4 is 104 Å². The van der Waals surface area contributed by atoms with Crippen LogP contribution in [0.15, 0.2) is 176 Å². The molecule has 0 spiro atoms. The third kappa shape index (κ3) is 20.2. The van der Waals surface area contributed by atoms with Crippen molar-refractivity contribution in [1.82, 2.24) is 71.7 Å². The SMILES string of the molecule is CCCC[C@@H]1NC(=O)[C@H](Cc2c[nH]c3ccccc23)NC(=O)[C@H](C)NC(=O)C[C@@H](C(=O)N2CCCCC2)NC(=O)[C@@H]2CCCN2C(=O)CN(C)C(=O)[C@H](Cc2cccc(Cl)c2)N(C)C(=O)[C@H](C)N(C)C(=O)CNC(=O)[C@H](COC(c2ccccc2)(c2ccccc2)c2ccccc2)NC(=O)[C@H](Cc2c[nH]c3ccccc23)NC1=O. The van der Waals surface area contributed by atoms with Gasteiger partial charge < -0.3 is 76.4 Å². The van der Waals surface area contributed by atoms with Gasteiger partial charge in [-0.2, -0.15) is 0 Å². The Balaban J connectivity index is 0.968. The predicted octanol–water partition coefficient (Wildman–Crippen LogP) is 6.11. The average molecular weight is 1570 g/mol. The molecule has 9 N–H and O–H groups in total. The first-order chi connectivity index (χ1) is 54.9. The van der Waals surface area contributed by atoms with Gasteiger partial charge in [0.25, 0.3) is 0 Å². The molecule has 3 aliphatic heterocycles. The van der Waals surface area contributed by atoms with Crippen molar-refractivity contribution in [2.75, 3.05) is 60.5 Å². The number of fused-ring (bicyclic) bond motifs is 3. The normalized spacial score (nSPS) is 22.6. The highest BCUT2D eigenvalue weighted by Gasteiger charge is 2.43. The number of benzene rings is 6. The maximum absolute atomic E-state index is 15.8. The Morgan fingerprint density at radius 1 is 0.526 bits per heavy atom. The molecule has 9 atom stereocenters. The largest absolute Gasteiger partial charge is 0.361 e. The van der Waals surface area contributed by atoms with Crippen LogP contribution in [0, 0.1) is 0 Å². The maximum Gasteiger partial charge on any atom is 0.245 e. The van der Waals surface area contributed by atoms with Gasteiger partial charge in [0.15, 0.2) is 0 Å². The van der Waals surface area contributed by atoms with Crippen molar-refractivity contribution in [2.45, 2.75) is 158 Å². The van der Waals surface area contributed by atoms with E-state index < -0.39 is 157 Å². The zero-order valence-corrected chi connectivity index (χ0v) is 65.8. The maximum atomic E-state index is 15.8. The third-order valence-corrected chi connectivity index (χ3v) is 22.0. The van der Waals surface area contributed by atoms with Crippen molar-refractivity contribution < 1.29 is 62.3 Å². The summed E-state index contributed by atoms with van der Waals surface area (Å²) in [6.07, 6.45) is 6.08. The molecule has 0 saturated carbocycles. The molecule has 11 rings (SSSR count). The molecule has 2 aromatic heterocycles. The highest BCUT2D eigenvalue weighted by molar-refractivity contribution is 6.30. The molecule has 600 valence electrons. The van der Waals surface area contributed by atoms with E-state index in [1.165, 1.54) is 44.8 Å². The number of piperidine rings is 1. The van der Waals surface area contributed by atoms with Gasteiger partial charge in [-0.1, -0.05) is 171 Å². The Labute approximate surface area is 667 Å². The lowest BCUT2D eigenvalue weighted by Gasteiger charge is -2.37. The summed E-state index contributed by atoms with van der Waals surface area (Å²) in [5, 5.41) is 21.5. The first-order valence-corrected chi connectivity index (χ1v) is 39.4. The van der Waals surface area contributed by atoms with Crippen LogP contribution in [0.25, 0.3) is 21.8 Å². The summed E-state index contributed by atoms with van der Waals surface area (Å²) in [6.45, 7) is 3.66. The summed E-state index contributed by atoms with van der Waals surface area (Å²) in [4.78, 5) is 192. The highest BCUT2D eigenvalue weighted by Crippen LogP contribution is 2.41. The third-order valence-electron chi connectivity index (χ3n) is 21.8. The number of rotatable bonds is 16. The fraction of sp³-hybridized carbons (Fsp3) is 0.395. The van der Waals surface area contributed by atoms with Gasteiger partial charge in [-0.25, -0.2) is 0 Å². The van der Waals surface area contributed by atoms with Crippen LogP contribution in [0.3, 0.4) is 0 Å². The first-order valence-electron chi connectivity index (χ1n) is 39.0. The second kappa shape index (κ2) is 38.7. The van der Waals surface area contributed by atoms with Crippen LogP contribution >= 0.6 is 11.6 Å². The number of unbranched alkanes of at least 4 members (excludes halogenated alkanes) is 1. The van der Waals surface area contributed by atoms with Crippen molar-refractivity contribution in [1.29, 1.82) is 0 Å². The number of nitrogens with one attached hydrogen (secondary N) is 9. The van der Waals surface area contributed by atoms with E-state index in [1.54, 1.807) is 41.6 Å². The van der Waals surface area contributed by atoms with Crippen LogP contribution < -0.4 is 37.2 Å². The van der Waals surface area contributed by atoms with Crippen LogP contribution in [-0.4, -0.2) is 220 Å². The summed E-state index contributed by atoms with van der Waals surface area (Å²) in [5.74, 6) is -9.13. The van der Waals surface area contributed by atoms with Crippen molar-refractivity contribution in [3.63, 3.8) is 0 Å². The number of carbonyl (C=O) groups is 12. The van der Waals surface area contributed by atoms with Gasteiger partial charge in [0.05, 0.1) is 26.1 Å². The lowest BCUT2D eigenvalue weighted by Crippen LogP contribution is -2.60. The molecule has 8 aromatic rings. The van der Waals surface area contributed by atoms with Gasteiger partial charge in [-0.3, -0.25) is 57.5 Å². The molecule has 0 aliphatic carbocycles. The Bertz CT molecular complexity index is 4670. The standard InChI is InChI=1S/C86H101ClN14O13/c1-7-8-37-67-79(107)94-69(47-58-50-89-66-39-22-20-36-64(58)66)81(109)96-71(53-114-86(59-28-13-9-14-29-59,60-30-15-10-16-31-60)61-32-17-11-18-33-61)78(106)90-51-75(103)98(5)55(3)83(111)99(6)73(45-56-27-25-34-62(87)44-56)85(113)97(4)52-76(104)101-43-26-40-72(101)82(110)95-70(84(112)100-41-23-12-24-42-100)48-74(102)91-54(2)77(105)93-68(80(108)92-67)46-57-49-88-65-38-21-19-35-63(57)65/h9-11,13-22,25,27-36,38-39,44,49-50,54-55,67-73,88-89H,7-8,12,23-24,26,37,40-43,45-48,51-53H2,1-6H3,(H,90,106)(H,91,102)(H,92,108)(H,93,105)(H,94,107)(H,95,110)(H,96,109)/t54-,55-,67-,68-,69-,70-,71-,72-,73-/m0/s1. The topological polar surface area (TPSA) is 346 Å². The number of para-hydroxylation sites is 2. The number of carbonyl (C=O) groups excluding carboxylic acids is 12. The molecular formula is C86H101ClN14O13. The molecule has 12 amide bonds. The molecule has 3 fully saturated rings. The lowest BCUT2D eigenvalue weighted by molar-refractivity contribution is -0.150. The van der Waals surface area contributed by atoms with Crippen LogP contribution in [0.2, 0.25) is 5.02 Å². The van der Waals surface area contributed by atoms with Crippen LogP contribution in [0.5, 0.6) is 0 Å². The molecule has 6 aromatic carbocycles. The summed E-state index contributed by atoms with van der Waals surface area (Å²) >= 11 is 6.48. The van der Waals surface area contributed by atoms with Crippen LogP contribution in [-0.2, 0) is 87.1 Å². The fourth-order valence-electron chi connectivity index (χ4n) is 15.2. The van der Waals surface area contributed by atoms with E-state index in [4.69, 9.17) is 16.3 Å². The number of aromatic nitrogens is 2. The molecule has 0 bridgehead atoms. The molecular weight excluding hydrogens is 1470 g/mol. The predicted molar refractivity (Wildman–Crippen MR) is 430 cm³/mol. The second-order valence-electron chi connectivity index (χ2n) is 29.7. The minimum atomic E-state index is -1.67. The van der Waals surface area contributed by atoms with Gasteiger partial charge >= 0.3 is 0 Å². The van der Waals surface area contributed by atoms with Crippen molar-refractivity contribution in [3.05, 3.63) is 215 Å². The fourth-order valence-corrected chi connectivity index (χ4v) is 15.5. The summed E-state index contributed by atoms with van der Waals surface area (Å²) in [5.41, 5.74) is 3.67. The Morgan fingerprint density at radius 3 is 1.63 bits per heavy atom. The summed E-state index contributed by atoms with van der Waals surface area (Å²) in [6, 6.07) is 36.6. The van der Waals surface area contributed by atoms with Gasteiger partial charge in [0, 0.05) is 99.3 Å². The van der Waals surface area contributed by atoms with E-state index in [2.05, 4.69) is 47.2 Å². The monoisotopic (exact) mass is 1570 g/mol. The number of ether oxygens (including phenoxy) is 1. The molecule has 0 unspecified atom stereocenters. The van der Waals surface area contributed by atoms with E-state index in [0.717, 1.165) is 27.1 Å².